The molecule has 0 amide bonds. The summed E-state index contributed by atoms with van der Waals surface area (Å²) in [5.74, 6) is -0.139. The Morgan fingerprint density at radius 1 is 1.45 bits per heavy atom. The molecule has 0 aliphatic heterocycles. The molecule has 0 atom stereocenters. The maximum absolute atomic E-state index is 12.3. The number of hydrogen-bond acceptors (Lipinski definition) is 6. The van der Waals surface area contributed by atoms with E-state index in [1.165, 1.54) is 27.4 Å². The first-order valence-corrected chi connectivity index (χ1v) is 9.29. The summed E-state index contributed by atoms with van der Waals surface area (Å²) in [4.78, 5) is 13.7. The van der Waals surface area contributed by atoms with E-state index in [4.69, 9.17) is 0 Å². The van der Waals surface area contributed by atoms with Crippen LogP contribution in [0, 0.1) is 18.3 Å². The largest absolute Gasteiger partial charge is 0.288 e. The Labute approximate surface area is 140 Å². The highest BCUT2D eigenvalue weighted by molar-refractivity contribution is 8.00. The minimum absolute atomic E-state index is 0.139. The van der Waals surface area contributed by atoms with E-state index in [2.05, 4.69) is 11.2 Å². The highest BCUT2D eigenvalue weighted by Crippen LogP contribution is 2.40. The average Bonchev–Trinajstić information content (AvgIpc) is 3.25. The molecule has 4 nitrogen and oxygen atoms in total. The third kappa shape index (κ3) is 2.50. The number of nitriles is 1. The summed E-state index contributed by atoms with van der Waals surface area (Å²) in [7, 11) is 0. The second kappa shape index (κ2) is 6.08. The standard InChI is InChI=1S/C15H11N3OS3/c1-9-12(8-16)22-15(20-2)13(9)10-5-6-18(17-10)14(19)11-4-3-7-21-11/h3-7H,1-2H3. The lowest BCUT2D eigenvalue weighted by Crippen LogP contribution is -2.10. The Hall–Kier alpha value is -1.88. The van der Waals surface area contributed by atoms with Crippen molar-refractivity contribution in [3.63, 3.8) is 0 Å². The number of thioether (sulfide) groups is 1. The van der Waals surface area contributed by atoms with Gasteiger partial charge in [0, 0.05) is 11.8 Å². The molecule has 0 saturated carbocycles. The highest BCUT2D eigenvalue weighted by Gasteiger charge is 2.19. The van der Waals surface area contributed by atoms with Gasteiger partial charge in [-0.25, -0.2) is 4.68 Å². The summed E-state index contributed by atoms with van der Waals surface area (Å²) in [5, 5.41) is 15.5. The molecular formula is C15H11N3OS3. The fraction of sp³-hybridized carbons (Fsp3) is 0.133. The lowest BCUT2D eigenvalue weighted by Gasteiger charge is -2.00. The predicted octanol–water partition coefficient (Wildman–Crippen LogP) is 4.26. The molecule has 3 heterocycles. The van der Waals surface area contributed by atoms with Gasteiger partial charge in [0.1, 0.15) is 10.9 Å². The van der Waals surface area contributed by atoms with Gasteiger partial charge < -0.3 is 0 Å². The van der Waals surface area contributed by atoms with E-state index in [1.807, 2.05) is 30.7 Å². The van der Waals surface area contributed by atoms with Gasteiger partial charge in [0.2, 0.25) is 0 Å². The smallest absolute Gasteiger partial charge is 0.266 e. The number of aromatic nitrogens is 2. The molecular weight excluding hydrogens is 334 g/mol. The molecule has 110 valence electrons. The van der Waals surface area contributed by atoms with Gasteiger partial charge in [-0.1, -0.05) is 6.07 Å². The van der Waals surface area contributed by atoms with Gasteiger partial charge >= 0.3 is 0 Å². The van der Waals surface area contributed by atoms with Crippen molar-refractivity contribution in [1.29, 1.82) is 5.26 Å². The Morgan fingerprint density at radius 3 is 2.91 bits per heavy atom. The van der Waals surface area contributed by atoms with Gasteiger partial charge in [-0.2, -0.15) is 10.4 Å². The SMILES string of the molecule is CSc1sc(C#N)c(C)c1-c1ccn(C(=O)c2cccs2)n1. The van der Waals surface area contributed by atoms with Crippen molar-refractivity contribution in [2.24, 2.45) is 0 Å². The first-order chi connectivity index (χ1) is 10.7. The number of carbonyl (C=O) groups is 1. The van der Waals surface area contributed by atoms with Gasteiger partial charge in [-0.15, -0.1) is 34.4 Å². The summed E-state index contributed by atoms with van der Waals surface area (Å²) >= 11 is 4.45. The minimum Gasteiger partial charge on any atom is -0.266 e. The van der Waals surface area contributed by atoms with Gasteiger partial charge in [-0.3, -0.25) is 4.79 Å². The second-order valence-electron chi connectivity index (χ2n) is 4.46. The van der Waals surface area contributed by atoms with Crippen molar-refractivity contribution in [3.05, 3.63) is 45.1 Å². The minimum atomic E-state index is -0.139. The number of rotatable bonds is 3. The highest BCUT2D eigenvalue weighted by atomic mass is 32.2. The van der Waals surface area contributed by atoms with Crippen LogP contribution in [-0.2, 0) is 0 Å². The average molecular weight is 345 g/mol. The van der Waals surface area contributed by atoms with Crippen LogP contribution in [0.25, 0.3) is 11.3 Å². The number of nitrogens with zero attached hydrogens (tertiary/aromatic N) is 3. The van der Waals surface area contributed by atoms with Crippen LogP contribution in [0.3, 0.4) is 0 Å². The molecule has 0 aliphatic carbocycles. The van der Waals surface area contributed by atoms with E-state index >= 15 is 0 Å². The summed E-state index contributed by atoms with van der Waals surface area (Å²) in [6.07, 6.45) is 3.65. The summed E-state index contributed by atoms with van der Waals surface area (Å²) < 4.78 is 2.40. The molecule has 7 heteroatoms. The fourth-order valence-electron chi connectivity index (χ4n) is 2.12. The molecule has 0 radical (unpaired) electrons. The monoisotopic (exact) mass is 345 g/mol. The van der Waals surface area contributed by atoms with Crippen LogP contribution in [0.4, 0.5) is 0 Å². The molecule has 3 aromatic heterocycles. The first-order valence-electron chi connectivity index (χ1n) is 6.37. The molecule has 0 aliphatic rings. The molecule has 0 aromatic carbocycles. The maximum atomic E-state index is 12.3. The van der Waals surface area contributed by atoms with Crippen molar-refractivity contribution in [3.8, 4) is 17.3 Å². The lowest BCUT2D eigenvalue weighted by atomic mass is 10.1. The zero-order chi connectivity index (χ0) is 15.7. The first kappa shape index (κ1) is 15.0. The zero-order valence-electron chi connectivity index (χ0n) is 11.9. The topological polar surface area (TPSA) is 58.7 Å². The second-order valence-corrected chi connectivity index (χ2v) is 7.51. The molecule has 0 unspecified atom stereocenters. The van der Waals surface area contributed by atoms with Crippen LogP contribution < -0.4 is 0 Å². The molecule has 0 N–H and O–H groups in total. The molecule has 0 saturated heterocycles. The van der Waals surface area contributed by atoms with Crippen LogP contribution >= 0.6 is 34.4 Å². The van der Waals surface area contributed by atoms with E-state index in [9.17, 15) is 10.1 Å². The predicted molar refractivity (Wildman–Crippen MR) is 90.8 cm³/mol. The third-order valence-electron chi connectivity index (χ3n) is 3.19. The Bertz CT molecular complexity index is 869. The van der Waals surface area contributed by atoms with Gasteiger partial charge in [0.15, 0.2) is 0 Å². The molecule has 0 spiro atoms. The Balaban J connectivity index is 2.03. The van der Waals surface area contributed by atoms with Crippen LogP contribution in [0.15, 0.2) is 34.0 Å². The van der Waals surface area contributed by atoms with Crippen molar-refractivity contribution in [1.82, 2.24) is 9.78 Å². The van der Waals surface area contributed by atoms with E-state index in [0.29, 0.717) is 9.75 Å². The lowest BCUT2D eigenvalue weighted by molar-refractivity contribution is 0.0949. The Morgan fingerprint density at radius 2 is 2.27 bits per heavy atom. The van der Waals surface area contributed by atoms with E-state index in [0.717, 1.165) is 21.0 Å². The van der Waals surface area contributed by atoms with Crippen molar-refractivity contribution in [2.75, 3.05) is 6.26 Å². The molecule has 22 heavy (non-hydrogen) atoms. The summed E-state index contributed by atoms with van der Waals surface area (Å²) in [5.41, 5.74) is 2.60. The van der Waals surface area contributed by atoms with Gasteiger partial charge in [0.05, 0.1) is 14.8 Å². The van der Waals surface area contributed by atoms with Crippen LogP contribution in [-0.4, -0.2) is 21.9 Å². The van der Waals surface area contributed by atoms with E-state index in [1.54, 1.807) is 24.0 Å². The zero-order valence-corrected chi connectivity index (χ0v) is 14.3. The van der Waals surface area contributed by atoms with Gasteiger partial charge in [-0.05, 0) is 36.3 Å². The molecule has 0 bridgehead atoms. The van der Waals surface area contributed by atoms with Crippen molar-refractivity contribution in [2.45, 2.75) is 11.1 Å². The summed E-state index contributed by atoms with van der Waals surface area (Å²) in [6.45, 7) is 1.92. The van der Waals surface area contributed by atoms with E-state index in [-0.39, 0.29) is 5.91 Å². The normalized spacial score (nSPS) is 10.6. The van der Waals surface area contributed by atoms with Crippen LogP contribution in [0.2, 0.25) is 0 Å². The Kier molecular flexibility index (Phi) is 4.16. The number of hydrogen-bond donors (Lipinski definition) is 0. The third-order valence-corrected chi connectivity index (χ3v) is 6.36. The van der Waals surface area contributed by atoms with E-state index < -0.39 is 0 Å². The molecule has 3 aromatic rings. The van der Waals surface area contributed by atoms with Crippen LogP contribution in [0.1, 0.15) is 20.1 Å². The quantitative estimate of drug-likeness (QED) is 0.665. The van der Waals surface area contributed by atoms with Crippen molar-refractivity contribution >= 4 is 40.3 Å². The maximum Gasteiger partial charge on any atom is 0.288 e. The summed E-state index contributed by atoms with van der Waals surface area (Å²) in [6, 6.07) is 7.66. The number of thiophene rings is 2. The molecule has 0 fully saturated rings. The van der Waals surface area contributed by atoms with Crippen molar-refractivity contribution < 1.29 is 4.79 Å². The van der Waals surface area contributed by atoms with Crippen LogP contribution in [0.5, 0.6) is 0 Å². The van der Waals surface area contributed by atoms with Gasteiger partial charge in [0.25, 0.3) is 5.91 Å². The number of carbonyl (C=O) groups excluding carboxylic acids is 1. The molecule has 3 rings (SSSR count). The fourth-order valence-corrected chi connectivity index (χ4v) is 4.66.